The van der Waals surface area contributed by atoms with Gasteiger partial charge >= 0.3 is 6.18 Å². The fourth-order valence-electron chi connectivity index (χ4n) is 2.31. The standard InChI is InChI=1S/C15H18F3N3/c1-9-5-6-12(15(16,17)18)7-14(9)19-10(2)13-8-21(4)20-11(13)3/h5-8,10,19H,1-4H3. The van der Waals surface area contributed by atoms with Crippen molar-refractivity contribution in [3.8, 4) is 0 Å². The van der Waals surface area contributed by atoms with Crippen molar-refractivity contribution in [2.75, 3.05) is 5.32 Å². The fraction of sp³-hybridized carbons (Fsp3) is 0.400. The minimum atomic E-state index is -4.34. The highest BCUT2D eigenvalue weighted by atomic mass is 19.4. The summed E-state index contributed by atoms with van der Waals surface area (Å²) in [4.78, 5) is 0. The molecule has 0 fully saturated rings. The fourth-order valence-corrected chi connectivity index (χ4v) is 2.31. The molecule has 2 rings (SSSR count). The molecule has 1 atom stereocenters. The molecular weight excluding hydrogens is 279 g/mol. The van der Waals surface area contributed by atoms with Gasteiger partial charge in [-0.25, -0.2) is 0 Å². The van der Waals surface area contributed by atoms with E-state index in [1.54, 1.807) is 11.6 Å². The van der Waals surface area contributed by atoms with Gasteiger partial charge in [-0.1, -0.05) is 6.07 Å². The van der Waals surface area contributed by atoms with Crippen LogP contribution in [-0.4, -0.2) is 9.78 Å². The molecule has 1 heterocycles. The molecule has 0 radical (unpaired) electrons. The van der Waals surface area contributed by atoms with E-state index in [1.807, 2.05) is 27.1 Å². The third kappa shape index (κ3) is 3.37. The number of aromatic nitrogens is 2. The lowest BCUT2D eigenvalue weighted by Crippen LogP contribution is -2.11. The van der Waals surface area contributed by atoms with Crippen molar-refractivity contribution in [1.82, 2.24) is 9.78 Å². The Bertz CT molecular complexity index is 644. The smallest absolute Gasteiger partial charge is 0.378 e. The first-order chi connectivity index (χ1) is 9.68. The summed E-state index contributed by atoms with van der Waals surface area (Å²) in [6.45, 7) is 5.57. The van der Waals surface area contributed by atoms with Crippen LogP contribution in [0.3, 0.4) is 0 Å². The molecule has 3 nitrogen and oxygen atoms in total. The number of nitrogens with zero attached hydrogens (tertiary/aromatic N) is 2. The molecule has 0 amide bonds. The monoisotopic (exact) mass is 297 g/mol. The van der Waals surface area contributed by atoms with E-state index in [9.17, 15) is 13.2 Å². The predicted octanol–water partition coefficient (Wildman–Crippen LogP) is 4.23. The van der Waals surface area contributed by atoms with Crippen molar-refractivity contribution < 1.29 is 13.2 Å². The quantitative estimate of drug-likeness (QED) is 0.919. The van der Waals surface area contributed by atoms with Crippen LogP contribution in [0.1, 0.15) is 35.3 Å². The highest BCUT2D eigenvalue weighted by Crippen LogP contribution is 2.33. The summed E-state index contributed by atoms with van der Waals surface area (Å²) in [6, 6.07) is 3.60. The summed E-state index contributed by atoms with van der Waals surface area (Å²) in [5.41, 5.74) is 2.44. The van der Waals surface area contributed by atoms with Crippen LogP contribution < -0.4 is 5.32 Å². The Balaban J connectivity index is 2.28. The molecule has 0 saturated carbocycles. The van der Waals surface area contributed by atoms with E-state index < -0.39 is 11.7 Å². The lowest BCUT2D eigenvalue weighted by Gasteiger charge is -2.18. The molecule has 1 aromatic carbocycles. The SMILES string of the molecule is Cc1ccc(C(F)(F)F)cc1NC(C)c1cn(C)nc1C. The number of hydrogen-bond acceptors (Lipinski definition) is 2. The molecule has 0 bridgehead atoms. The van der Waals surface area contributed by atoms with Crippen molar-refractivity contribution in [3.05, 3.63) is 46.8 Å². The Hall–Kier alpha value is -1.98. The number of aryl methyl sites for hydroxylation is 3. The zero-order valence-corrected chi connectivity index (χ0v) is 12.4. The van der Waals surface area contributed by atoms with Gasteiger partial charge in [-0.3, -0.25) is 4.68 Å². The first kappa shape index (κ1) is 15.4. The van der Waals surface area contributed by atoms with Gasteiger partial charge in [0, 0.05) is 24.5 Å². The van der Waals surface area contributed by atoms with E-state index in [0.29, 0.717) is 5.69 Å². The van der Waals surface area contributed by atoms with Crippen LogP contribution in [0.15, 0.2) is 24.4 Å². The highest BCUT2D eigenvalue weighted by Gasteiger charge is 2.31. The van der Waals surface area contributed by atoms with E-state index in [4.69, 9.17) is 0 Å². The van der Waals surface area contributed by atoms with E-state index in [0.717, 1.165) is 29.0 Å². The van der Waals surface area contributed by atoms with Crippen molar-refractivity contribution in [2.45, 2.75) is 33.0 Å². The molecule has 21 heavy (non-hydrogen) atoms. The van der Waals surface area contributed by atoms with Gasteiger partial charge in [-0.15, -0.1) is 0 Å². The molecule has 0 saturated heterocycles. The molecule has 114 valence electrons. The average molecular weight is 297 g/mol. The number of nitrogens with one attached hydrogen (secondary N) is 1. The van der Waals surface area contributed by atoms with Crippen LogP contribution >= 0.6 is 0 Å². The van der Waals surface area contributed by atoms with Gasteiger partial charge in [0.15, 0.2) is 0 Å². The normalized spacial score (nSPS) is 13.3. The Morgan fingerprint density at radius 1 is 1.24 bits per heavy atom. The lowest BCUT2D eigenvalue weighted by molar-refractivity contribution is -0.137. The van der Waals surface area contributed by atoms with E-state index in [1.165, 1.54) is 6.07 Å². The summed E-state index contributed by atoms with van der Waals surface area (Å²) in [7, 11) is 1.82. The maximum Gasteiger partial charge on any atom is 0.416 e. The first-order valence-corrected chi connectivity index (χ1v) is 6.63. The number of rotatable bonds is 3. The van der Waals surface area contributed by atoms with Gasteiger partial charge in [0.25, 0.3) is 0 Å². The van der Waals surface area contributed by atoms with E-state index >= 15 is 0 Å². The number of hydrogen-bond donors (Lipinski definition) is 1. The Kier molecular flexibility index (Phi) is 3.98. The zero-order chi connectivity index (χ0) is 15.8. The summed E-state index contributed by atoms with van der Waals surface area (Å²) in [5, 5.41) is 7.39. The van der Waals surface area contributed by atoms with Gasteiger partial charge in [-0.05, 0) is 38.5 Å². The van der Waals surface area contributed by atoms with Crippen molar-refractivity contribution in [1.29, 1.82) is 0 Å². The summed E-state index contributed by atoms with van der Waals surface area (Å²) < 4.78 is 40.1. The zero-order valence-electron chi connectivity index (χ0n) is 12.4. The second-order valence-corrected chi connectivity index (χ2v) is 5.24. The van der Waals surface area contributed by atoms with Gasteiger partial charge in [0.05, 0.1) is 17.3 Å². The van der Waals surface area contributed by atoms with Gasteiger partial charge in [-0.2, -0.15) is 18.3 Å². The summed E-state index contributed by atoms with van der Waals surface area (Å²) in [5.74, 6) is 0. The van der Waals surface area contributed by atoms with Crippen LogP contribution in [0, 0.1) is 13.8 Å². The topological polar surface area (TPSA) is 29.9 Å². The maximum absolute atomic E-state index is 12.8. The Morgan fingerprint density at radius 2 is 1.90 bits per heavy atom. The van der Waals surface area contributed by atoms with Crippen molar-refractivity contribution in [2.24, 2.45) is 7.05 Å². The predicted molar refractivity (Wildman–Crippen MR) is 76.2 cm³/mol. The largest absolute Gasteiger partial charge is 0.416 e. The molecule has 6 heteroatoms. The van der Waals surface area contributed by atoms with Gasteiger partial charge in [0.1, 0.15) is 0 Å². The summed E-state index contributed by atoms with van der Waals surface area (Å²) >= 11 is 0. The molecule has 1 aromatic heterocycles. The molecular formula is C15H18F3N3. The van der Waals surface area contributed by atoms with Crippen molar-refractivity contribution in [3.63, 3.8) is 0 Å². The summed E-state index contributed by atoms with van der Waals surface area (Å²) in [6.07, 6.45) is -2.46. The van der Waals surface area contributed by atoms with E-state index in [2.05, 4.69) is 10.4 Å². The van der Waals surface area contributed by atoms with Crippen LogP contribution in [0.4, 0.5) is 18.9 Å². The molecule has 1 N–H and O–H groups in total. The van der Waals surface area contributed by atoms with Gasteiger partial charge in [0.2, 0.25) is 0 Å². The highest BCUT2D eigenvalue weighted by molar-refractivity contribution is 5.54. The molecule has 1 unspecified atom stereocenters. The van der Waals surface area contributed by atoms with Crippen LogP contribution in [-0.2, 0) is 13.2 Å². The third-order valence-electron chi connectivity index (χ3n) is 3.45. The minimum Gasteiger partial charge on any atom is -0.378 e. The number of anilines is 1. The number of benzene rings is 1. The maximum atomic E-state index is 12.8. The van der Waals surface area contributed by atoms with Crippen molar-refractivity contribution >= 4 is 5.69 Å². The molecule has 0 aliphatic rings. The number of alkyl halides is 3. The van der Waals surface area contributed by atoms with Crippen LogP contribution in [0.5, 0.6) is 0 Å². The second-order valence-electron chi connectivity index (χ2n) is 5.24. The Labute approximate surface area is 121 Å². The third-order valence-corrected chi connectivity index (χ3v) is 3.45. The lowest BCUT2D eigenvalue weighted by atomic mass is 10.1. The van der Waals surface area contributed by atoms with E-state index in [-0.39, 0.29) is 6.04 Å². The second kappa shape index (κ2) is 5.42. The van der Waals surface area contributed by atoms with Crippen LogP contribution in [0.25, 0.3) is 0 Å². The minimum absolute atomic E-state index is 0.124. The Morgan fingerprint density at radius 3 is 2.43 bits per heavy atom. The molecule has 0 spiro atoms. The molecule has 2 aromatic rings. The number of halogens is 3. The van der Waals surface area contributed by atoms with Gasteiger partial charge < -0.3 is 5.32 Å². The molecule has 0 aliphatic heterocycles. The first-order valence-electron chi connectivity index (χ1n) is 6.63. The van der Waals surface area contributed by atoms with Crippen LogP contribution in [0.2, 0.25) is 0 Å². The molecule has 0 aliphatic carbocycles. The average Bonchev–Trinajstić information content (AvgIpc) is 2.70.